The van der Waals surface area contributed by atoms with E-state index in [2.05, 4.69) is 0 Å². The highest BCUT2D eigenvalue weighted by molar-refractivity contribution is 6.45. The maximum atomic E-state index is 11.0. The molecule has 0 heterocycles. The molecule has 2 aromatic rings. The predicted octanol–water partition coefficient (Wildman–Crippen LogP) is 6.09. The third kappa shape index (κ3) is 2.61. The van der Waals surface area contributed by atoms with Crippen molar-refractivity contribution in [3.63, 3.8) is 0 Å². The minimum Gasteiger partial charge on any atom is -0.298 e. The van der Waals surface area contributed by atoms with Crippen LogP contribution in [0.4, 0.5) is 0 Å². The molecule has 0 fully saturated rings. The Bertz CT molecular complexity index is 665. The Hall–Kier alpha value is -0.730. The second-order valence-corrected chi connectivity index (χ2v) is 5.54. The van der Waals surface area contributed by atoms with Crippen molar-refractivity contribution in [1.82, 2.24) is 0 Å². The molecule has 0 aromatic heterocycles. The van der Waals surface area contributed by atoms with Gasteiger partial charge in [0.1, 0.15) is 0 Å². The lowest BCUT2D eigenvalue weighted by molar-refractivity contribution is 0.112. The molecule has 19 heavy (non-hydrogen) atoms. The summed E-state index contributed by atoms with van der Waals surface area (Å²) in [6, 6.07) is 6.98. The van der Waals surface area contributed by atoms with Crippen molar-refractivity contribution in [2.75, 3.05) is 0 Å². The molecular weight excluding hydrogens is 326 g/mol. The monoisotopic (exact) mass is 332 g/mol. The summed E-state index contributed by atoms with van der Waals surface area (Å²) in [6.07, 6.45) is 0.623. The second-order valence-electron chi connectivity index (χ2n) is 4.00. The Morgan fingerprint density at radius 3 is 2.05 bits per heavy atom. The van der Waals surface area contributed by atoms with Gasteiger partial charge in [0.2, 0.25) is 0 Å². The van der Waals surface area contributed by atoms with Crippen molar-refractivity contribution >= 4 is 52.7 Å². The van der Waals surface area contributed by atoms with Crippen LogP contribution in [-0.2, 0) is 0 Å². The maximum absolute atomic E-state index is 11.0. The Morgan fingerprint density at radius 2 is 1.42 bits per heavy atom. The molecule has 0 spiro atoms. The zero-order valence-corrected chi connectivity index (χ0v) is 12.8. The van der Waals surface area contributed by atoms with Crippen LogP contribution in [0.5, 0.6) is 0 Å². The Labute approximate surface area is 131 Å². The molecule has 1 nitrogen and oxygen atoms in total. The van der Waals surface area contributed by atoms with Crippen LogP contribution in [0.25, 0.3) is 11.1 Å². The highest BCUT2D eigenvalue weighted by Gasteiger charge is 2.15. The van der Waals surface area contributed by atoms with Gasteiger partial charge in [-0.1, -0.05) is 64.6 Å². The number of hydrogen-bond donors (Lipinski definition) is 0. The third-order valence-electron chi connectivity index (χ3n) is 2.81. The van der Waals surface area contributed by atoms with Gasteiger partial charge in [0.15, 0.2) is 6.29 Å². The second kappa shape index (κ2) is 5.72. The molecule has 0 bridgehead atoms. The van der Waals surface area contributed by atoms with Gasteiger partial charge in [-0.3, -0.25) is 4.79 Å². The minimum absolute atomic E-state index is 0.244. The van der Waals surface area contributed by atoms with E-state index in [0.29, 0.717) is 32.5 Å². The highest BCUT2D eigenvalue weighted by Crippen LogP contribution is 2.40. The number of rotatable bonds is 2. The maximum Gasteiger partial charge on any atom is 0.153 e. The summed E-state index contributed by atoms with van der Waals surface area (Å²) in [7, 11) is 0. The van der Waals surface area contributed by atoms with Crippen LogP contribution in [-0.4, -0.2) is 6.29 Å². The number of carbonyl (C=O) groups excluding carboxylic acids is 1. The molecule has 0 aliphatic rings. The summed E-state index contributed by atoms with van der Waals surface area (Å²) in [5.41, 5.74) is 2.41. The summed E-state index contributed by atoms with van der Waals surface area (Å²) in [6.45, 7) is 1.86. The van der Waals surface area contributed by atoms with Gasteiger partial charge >= 0.3 is 0 Å². The molecule has 0 saturated heterocycles. The molecule has 0 N–H and O–H groups in total. The van der Waals surface area contributed by atoms with E-state index in [9.17, 15) is 4.79 Å². The summed E-state index contributed by atoms with van der Waals surface area (Å²) in [5.74, 6) is 0. The number of aryl methyl sites for hydroxylation is 1. The molecule has 98 valence electrons. The molecular formula is C14H8Cl4O. The molecule has 0 aliphatic carbocycles. The first-order valence-corrected chi connectivity index (χ1v) is 6.86. The first-order chi connectivity index (χ1) is 8.97. The highest BCUT2D eigenvalue weighted by atomic mass is 35.5. The molecule has 0 radical (unpaired) electrons. The largest absolute Gasteiger partial charge is 0.298 e. The van der Waals surface area contributed by atoms with E-state index in [0.717, 1.165) is 5.56 Å². The predicted molar refractivity (Wildman–Crippen MR) is 82.0 cm³/mol. The molecule has 0 unspecified atom stereocenters. The van der Waals surface area contributed by atoms with Crippen molar-refractivity contribution in [3.05, 3.63) is 55.5 Å². The van der Waals surface area contributed by atoms with Gasteiger partial charge in [-0.25, -0.2) is 0 Å². The van der Waals surface area contributed by atoms with E-state index in [1.807, 2.05) is 19.1 Å². The van der Waals surface area contributed by atoms with Crippen molar-refractivity contribution in [2.45, 2.75) is 6.92 Å². The zero-order valence-electron chi connectivity index (χ0n) is 9.81. The number of halogens is 4. The lowest BCUT2D eigenvalue weighted by atomic mass is 10.0. The van der Waals surface area contributed by atoms with Crippen LogP contribution in [0.15, 0.2) is 24.3 Å². The van der Waals surface area contributed by atoms with Gasteiger partial charge in [-0.2, -0.15) is 0 Å². The average Bonchev–Trinajstić information content (AvgIpc) is 2.38. The first kappa shape index (κ1) is 14.7. The van der Waals surface area contributed by atoms with Crippen molar-refractivity contribution in [3.8, 4) is 11.1 Å². The van der Waals surface area contributed by atoms with Crippen molar-refractivity contribution in [1.29, 1.82) is 0 Å². The molecule has 0 amide bonds. The zero-order chi connectivity index (χ0) is 14.2. The summed E-state index contributed by atoms with van der Waals surface area (Å²) in [4.78, 5) is 11.0. The fraction of sp³-hybridized carbons (Fsp3) is 0.0714. The topological polar surface area (TPSA) is 17.1 Å². The molecule has 2 aromatic carbocycles. The Morgan fingerprint density at radius 1 is 0.842 bits per heavy atom. The van der Waals surface area contributed by atoms with E-state index >= 15 is 0 Å². The summed E-state index contributed by atoms with van der Waals surface area (Å²) in [5, 5.41) is 1.45. The summed E-state index contributed by atoms with van der Waals surface area (Å²) >= 11 is 24.5. The van der Waals surface area contributed by atoms with Gasteiger partial charge in [0, 0.05) is 11.1 Å². The summed E-state index contributed by atoms with van der Waals surface area (Å²) < 4.78 is 0. The van der Waals surface area contributed by atoms with Crippen LogP contribution in [0.2, 0.25) is 20.1 Å². The van der Waals surface area contributed by atoms with Gasteiger partial charge in [0.05, 0.1) is 25.7 Å². The fourth-order valence-corrected chi connectivity index (χ4v) is 2.78. The SMILES string of the molecule is Cc1ccc(-c2ccc(Cl)c(C=O)c2Cl)c(Cl)c1Cl. The lowest BCUT2D eigenvalue weighted by Gasteiger charge is -2.11. The molecule has 0 saturated carbocycles. The van der Waals surface area contributed by atoms with Crippen LogP contribution in [0.1, 0.15) is 15.9 Å². The Balaban J connectivity index is 2.73. The smallest absolute Gasteiger partial charge is 0.153 e. The molecule has 2 rings (SSSR count). The van der Waals surface area contributed by atoms with Crippen LogP contribution in [0.3, 0.4) is 0 Å². The van der Waals surface area contributed by atoms with Gasteiger partial charge in [-0.15, -0.1) is 0 Å². The Kier molecular flexibility index (Phi) is 4.42. The van der Waals surface area contributed by atoms with E-state index in [-0.39, 0.29) is 10.6 Å². The quantitative estimate of drug-likeness (QED) is 0.608. The lowest BCUT2D eigenvalue weighted by Crippen LogP contribution is -1.90. The molecule has 5 heteroatoms. The van der Waals surface area contributed by atoms with Crippen LogP contribution >= 0.6 is 46.4 Å². The van der Waals surface area contributed by atoms with Crippen LogP contribution < -0.4 is 0 Å². The number of carbonyl (C=O) groups is 1. The van der Waals surface area contributed by atoms with Crippen LogP contribution in [0, 0.1) is 6.92 Å². The van der Waals surface area contributed by atoms with Gasteiger partial charge in [0.25, 0.3) is 0 Å². The number of hydrogen-bond acceptors (Lipinski definition) is 1. The van der Waals surface area contributed by atoms with Gasteiger partial charge in [-0.05, 0) is 18.6 Å². The van der Waals surface area contributed by atoms with E-state index in [1.165, 1.54) is 0 Å². The number of aldehydes is 1. The normalized spacial score (nSPS) is 10.6. The first-order valence-electron chi connectivity index (χ1n) is 5.35. The van der Waals surface area contributed by atoms with E-state index in [4.69, 9.17) is 46.4 Å². The fourth-order valence-electron chi connectivity index (χ4n) is 1.74. The third-order valence-corrected chi connectivity index (χ3v) is 4.52. The molecule has 0 atom stereocenters. The standard InChI is InChI=1S/C14H8Cl4O/c1-7-2-3-9(14(18)12(7)16)8-4-5-11(15)10(6-19)13(8)17/h2-6H,1H3. The van der Waals surface area contributed by atoms with E-state index in [1.54, 1.807) is 12.1 Å². The molecule has 0 aliphatic heterocycles. The van der Waals surface area contributed by atoms with Crippen molar-refractivity contribution < 1.29 is 4.79 Å². The van der Waals surface area contributed by atoms with E-state index < -0.39 is 0 Å². The number of benzene rings is 2. The van der Waals surface area contributed by atoms with Crippen molar-refractivity contribution in [2.24, 2.45) is 0 Å². The average molecular weight is 334 g/mol. The van der Waals surface area contributed by atoms with Gasteiger partial charge < -0.3 is 0 Å². The minimum atomic E-state index is 0.244.